The maximum Gasteiger partial charge on any atom is 0.261 e. The molecular formula is C16H17Cl2N3O2. The van der Waals surface area contributed by atoms with Crippen LogP contribution >= 0.6 is 23.2 Å². The largest absolute Gasteiger partial charge is 0.381 e. The van der Waals surface area contributed by atoms with Crippen LogP contribution in [0.4, 0.5) is 0 Å². The number of hydrogen-bond donors (Lipinski definition) is 0. The van der Waals surface area contributed by atoms with E-state index in [1.165, 1.54) is 0 Å². The summed E-state index contributed by atoms with van der Waals surface area (Å²) in [4.78, 5) is 19.6. The summed E-state index contributed by atoms with van der Waals surface area (Å²) >= 11 is 12.1. The molecule has 2 aliphatic heterocycles. The zero-order chi connectivity index (χ0) is 16.1. The highest BCUT2D eigenvalue weighted by Crippen LogP contribution is 2.30. The van der Waals surface area contributed by atoms with E-state index in [9.17, 15) is 4.79 Å². The molecule has 0 amide bonds. The van der Waals surface area contributed by atoms with E-state index in [1.807, 2.05) is 0 Å². The number of hydrogen-bond acceptors (Lipinski definition) is 4. The average molecular weight is 354 g/mol. The minimum absolute atomic E-state index is 0.0746. The lowest BCUT2D eigenvalue weighted by Crippen LogP contribution is -2.51. The molecule has 2 aromatic rings. The van der Waals surface area contributed by atoms with Crippen LogP contribution in [0.3, 0.4) is 0 Å². The van der Waals surface area contributed by atoms with Crippen molar-refractivity contribution >= 4 is 34.1 Å². The predicted octanol–water partition coefficient (Wildman–Crippen LogP) is 2.29. The zero-order valence-electron chi connectivity index (χ0n) is 12.8. The number of benzene rings is 1. The van der Waals surface area contributed by atoms with Gasteiger partial charge in [0.2, 0.25) is 0 Å². The van der Waals surface area contributed by atoms with Gasteiger partial charge in [0.05, 0.1) is 34.2 Å². The third-order valence-corrected chi connectivity index (χ3v) is 5.42. The lowest BCUT2D eigenvalue weighted by atomic mass is 9.96. The zero-order valence-corrected chi connectivity index (χ0v) is 14.3. The van der Waals surface area contributed by atoms with Crippen LogP contribution in [-0.4, -0.2) is 47.3 Å². The van der Waals surface area contributed by atoms with Gasteiger partial charge >= 0.3 is 0 Å². The smallest absolute Gasteiger partial charge is 0.261 e. The molecule has 1 aromatic carbocycles. The van der Waals surface area contributed by atoms with Crippen molar-refractivity contribution in [1.82, 2.24) is 14.5 Å². The van der Waals surface area contributed by atoms with Crippen molar-refractivity contribution in [3.63, 3.8) is 0 Å². The van der Waals surface area contributed by atoms with E-state index in [-0.39, 0.29) is 11.5 Å². The molecule has 23 heavy (non-hydrogen) atoms. The Morgan fingerprint density at radius 2 is 1.96 bits per heavy atom. The fourth-order valence-corrected chi connectivity index (χ4v) is 3.61. The Kier molecular flexibility index (Phi) is 3.84. The lowest BCUT2D eigenvalue weighted by molar-refractivity contribution is -0.0567. The molecular weight excluding hydrogens is 337 g/mol. The topological polar surface area (TPSA) is 47.4 Å². The second-order valence-corrected chi connectivity index (χ2v) is 7.25. The number of nitrogens with zero attached hydrogens (tertiary/aromatic N) is 3. The van der Waals surface area contributed by atoms with Crippen molar-refractivity contribution in [2.75, 3.05) is 32.8 Å². The van der Waals surface area contributed by atoms with Gasteiger partial charge in [0.15, 0.2) is 0 Å². The maximum atomic E-state index is 12.6. The van der Waals surface area contributed by atoms with Crippen LogP contribution in [0.2, 0.25) is 10.0 Å². The Morgan fingerprint density at radius 3 is 2.61 bits per heavy atom. The molecule has 4 rings (SSSR count). The first-order chi connectivity index (χ1) is 11.0. The van der Waals surface area contributed by atoms with Gasteiger partial charge in [0.1, 0.15) is 5.82 Å². The van der Waals surface area contributed by atoms with Gasteiger partial charge in [-0.2, -0.15) is 0 Å². The van der Waals surface area contributed by atoms with Crippen LogP contribution in [0.1, 0.15) is 11.7 Å². The van der Waals surface area contributed by atoms with E-state index in [4.69, 9.17) is 27.9 Å². The van der Waals surface area contributed by atoms with Crippen LogP contribution in [0, 0.1) is 5.92 Å². The molecule has 0 atom stereocenters. The minimum atomic E-state index is -0.0746. The number of halogens is 2. The van der Waals surface area contributed by atoms with Crippen LogP contribution in [0.15, 0.2) is 16.9 Å². The summed E-state index contributed by atoms with van der Waals surface area (Å²) in [5, 5.41) is 1.31. The molecule has 0 saturated carbocycles. The second-order valence-electron chi connectivity index (χ2n) is 6.44. The lowest BCUT2D eigenvalue weighted by Gasteiger charge is -2.42. The molecule has 0 bridgehead atoms. The summed E-state index contributed by atoms with van der Waals surface area (Å²) < 4.78 is 6.85. The summed E-state index contributed by atoms with van der Waals surface area (Å²) in [5.41, 5.74) is 0.540. The van der Waals surface area contributed by atoms with Gasteiger partial charge in [0.25, 0.3) is 5.56 Å². The summed E-state index contributed by atoms with van der Waals surface area (Å²) in [6.07, 6.45) is 0. The van der Waals surface area contributed by atoms with Crippen LogP contribution in [0.25, 0.3) is 10.9 Å². The molecule has 2 saturated heterocycles. The monoisotopic (exact) mass is 353 g/mol. The van der Waals surface area contributed by atoms with Crippen LogP contribution in [-0.2, 0) is 11.8 Å². The third kappa shape index (κ3) is 2.66. The van der Waals surface area contributed by atoms with Gasteiger partial charge in [-0.1, -0.05) is 23.2 Å². The highest BCUT2D eigenvalue weighted by atomic mass is 35.5. The molecule has 3 heterocycles. The molecule has 5 nitrogen and oxygen atoms in total. The fourth-order valence-electron chi connectivity index (χ4n) is 3.29. The Hall–Kier alpha value is -1.14. The molecule has 0 N–H and O–H groups in total. The number of fused-ring (bicyclic) bond motifs is 1. The first kappa shape index (κ1) is 15.4. The first-order valence-corrected chi connectivity index (χ1v) is 8.44. The van der Waals surface area contributed by atoms with Crippen molar-refractivity contribution in [1.29, 1.82) is 0 Å². The Morgan fingerprint density at radius 1 is 1.26 bits per heavy atom. The third-order valence-electron chi connectivity index (χ3n) is 4.70. The van der Waals surface area contributed by atoms with Gasteiger partial charge in [-0.15, -0.1) is 0 Å². The summed E-state index contributed by atoms with van der Waals surface area (Å²) in [7, 11) is 1.77. The molecule has 0 unspecified atom stereocenters. The van der Waals surface area contributed by atoms with Crippen molar-refractivity contribution in [2.45, 2.75) is 5.92 Å². The standard InChI is InChI=1S/C16H17Cl2N3O2/c1-20-15(10-5-21(6-10)4-9-7-23-8-9)19-14-3-13(18)12(17)2-11(14)16(20)22/h2-3,9-10H,4-8H2,1H3. The normalized spacial score (nSPS) is 19.8. The molecule has 122 valence electrons. The number of ether oxygens (including phenoxy) is 1. The number of aromatic nitrogens is 2. The second kappa shape index (κ2) is 5.74. The Labute approximate surface area is 143 Å². The van der Waals surface area contributed by atoms with Gasteiger partial charge < -0.3 is 9.64 Å². The van der Waals surface area contributed by atoms with E-state index in [2.05, 4.69) is 9.88 Å². The van der Waals surface area contributed by atoms with Crippen molar-refractivity contribution < 1.29 is 4.74 Å². The summed E-state index contributed by atoms with van der Waals surface area (Å²) in [6.45, 7) is 4.67. The van der Waals surface area contributed by atoms with E-state index in [1.54, 1.807) is 23.7 Å². The van der Waals surface area contributed by atoms with Crippen molar-refractivity contribution in [3.8, 4) is 0 Å². The van der Waals surface area contributed by atoms with Gasteiger partial charge in [0, 0.05) is 38.5 Å². The molecule has 2 aliphatic rings. The molecule has 0 aliphatic carbocycles. The molecule has 0 radical (unpaired) electrons. The molecule has 0 spiro atoms. The fraction of sp³-hybridized carbons (Fsp3) is 0.500. The molecule has 1 aromatic heterocycles. The maximum absolute atomic E-state index is 12.6. The quantitative estimate of drug-likeness (QED) is 0.849. The highest BCUT2D eigenvalue weighted by molar-refractivity contribution is 6.42. The van der Waals surface area contributed by atoms with Crippen molar-refractivity contribution in [2.24, 2.45) is 13.0 Å². The van der Waals surface area contributed by atoms with E-state index < -0.39 is 0 Å². The SMILES string of the molecule is Cn1c(C2CN(CC3COC3)C2)nc2cc(Cl)c(Cl)cc2c1=O. The van der Waals surface area contributed by atoms with Crippen molar-refractivity contribution in [3.05, 3.63) is 38.4 Å². The summed E-state index contributed by atoms with van der Waals surface area (Å²) in [5.74, 6) is 1.76. The van der Waals surface area contributed by atoms with Crippen LogP contribution < -0.4 is 5.56 Å². The Bertz CT molecular complexity index is 826. The number of rotatable bonds is 3. The predicted molar refractivity (Wildman–Crippen MR) is 90.5 cm³/mol. The number of likely N-dealkylation sites (tertiary alicyclic amines) is 1. The van der Waals surface area contributed by atoms with E-state index in [0.29, 0.717) is 26.9 Å². The van der Waals surface area contributed by atoms with E-state index in [0.717, 1.165) is 38.7 Å². The first-order valence-electron chi connectivity index (χ1n) is 7.68. The average Bonchev–Trinajstić information content (AvgIpc) is 2.43. The molecule has 7 heteroatoms. The summed E-state index contributed by atoms with van der Waals surface area (Å²) in [6, 6.07) is 3.27. The van der Waals surface area contributed by atoms with Gasteiger partial charge in [-0.25, -0.2) is 4.98 Å². The molecule has 2 fully saturated rings. The van der Waals surface area contributed by atoms with Gasteiger partial charge in [-0.3, -0.25) is 9.36 Å². The minimum Gasteiger partial charge on any atom is -0.381 e. The van der Waals surface area contributed by atoms with E-state index >= 15 is 0 Å². The Balaban J connectivity index is 1.62. The highest BCUT2D eigenvalue weighted by Gasteiger charge is 2.34. The van der Waals surface area contributed by atoms with Crippen LogP contribution in [0.5, 0.6) is 0 Å². The van der Waals surface area contributed by atoms with Gasteiger partial charge in [-0.05, 0) is 12.1 Å².